The number of sulfonamides is 1. The van der Waals surface area contributed by atoms with Crippen LogP contribution in [0.15, 0.2) is 18.3 Å². The number of rotatable bonds is 7. The zero-order chi connectivity index (χ0) is 13.6. The van der Waals surface area contributed by atoms with Crippen LogP contribution in [-0.4, -0.2) is 37.2 Å². The molecule has 1 aromatic rings. The molecule has 0 aliphatic carbocycles. The first-order valence-electron chi connectivity index (χ1n) is 5.41. The minimum atomic E-state index is -3.20. The number of pyridine rings is 1. The lowest BCUT2D eigenvalue weighted by molar-refractivity contribution is 0.584. The van der Waals surface area contributed by atoms with E-state index in [1.807, 2.05) is 0 Å². The Kier molecular flexibility index (Phi) is 5.45. The molecule has 1 aromatic heterocycles. The van der Waals surface area contributed by atoms with Gasteiger partial charge in [0.2, 0.25) is 10.0 Å². The molecule has 0 amide bonds. The molecule has 1 rings (SSSR count). The van der Waals surface area contributed by atoms with E-state index < -0.39 is 10.0 Å². The highest BCUT2D eigenvalue weighted by Gasteiger charge is 2.07. The molecule has 18 heavy (non-hydrogen) atoms. The summed E-state index contributed by atoms with van der Waals surface area (Å²) in [7, 11) is -3.20. The highest BCUT2D eigenvalue weighted by Crippen LogP contribution is 2.05. The normalized spacial score (nSPS) is 11.2. The third-order valence-corrected chi connectivity index (χ3v) is 3.76. The number of anilines is 1. The monoisotopic (exact) mass is 288 g/mol. The predicted molar refractivity (Wildman–Crippen MR) is 76.1 cm³/mol. The summed E-state index contributed by atoms with van der Waals surface area (Å²) in [5.41, 5.74) is 6.68. The third kappa shape index (κ3) is 4.94. The van der Waals surface area contributed by atoms with Crippen LogP contribution in [0.2, 0.25) is 0 Å². The minimum Gasteiger partial charge on any atom is -0.388 e. The van der Waals surface area contributed by atoms with Crippen LogP contribution in [-0.2, 0) is 10.0 Å². The molecule has 0 saturated carbocycles. The largest absolute Gasteiger partial charge is 0.388 e. The first-order chi connectivity index (χ1) is 8.44. The molecule has 0 atom stereocenters. The predicted octanol–water partition coefficient (Wildman–Crippen LogP) is 0.0670. The maximum atomic E-state index is 11.4. The molecule has 100 valence electrons. The van der Waals surface area contributed by atoms with Gasteiger partial charge in [-0.1, -0.05) is 19.1 Å². The first-order valence-corrected chi connectivity index (χ1v) is 7.47. The van der Waals surface area contributed by atoms with Crippen LogP contribution in [0.1, 0.15) is 12.6 Å². The van der Waals surface area contributed by atoms with Crippen LogP contribution in [0.5, 0.6) is 0 Å². The quantitative estimate of drug-likeness (QED) is 0.614. The van der Waals surface area contributed by atoms with Crippen molar-refractivity contribution < 1.29 is 8.42 Å². The smallest absolute Gasteiger partial charge is 0.213 e. The van der Waals surface area contributed by atoms with Gasteiger partial charge in [-0.25, -0.2) is 13.1 Å². The van der Waals surface area contributed by atoms with Gasteiger partial charge in [-0.3, -0.25) is 4.98 Å². The van der Waals surface area contributed by atoms with Crippen molar-refractivity contribution in [2.75, 3.05) is 24.2 Å². The summed E-state index contributed by atoms with van der Waals surface area (Å²) in [6.07, 6.45) is 1.56. The Morgan fingerprint density at radius 1 is 1.50 bits per heavy atom. The Bertz CT molecular complexity index is 499. The lowest BCUT2D eigenvalue weighted by Gasteiger charge is -2.07. The number of nitrogens with one attached hydrogen (secondary N) is 2. The number of nitrogens with zero attached hydrogens (tertiary/aromatic N) is 1. The van der Waals surface area contributed by atoms with Crippen LogP contribution in [0.3, 0.4) is 0 Å². The van der Waals surface area contributed by atoms with E-state index in [1.54, 1.807) is 25.3 Å². The second-order valence-electron chi connectivity index (χ2n) is 3.54. The molecule has 0 spiro atoms. The van der Waals surface area contributed by atoms with Crippen molar-refractivity contribution in [3.8, 4) is 0 Å². The molecule has 0 saturated heterocycles. The van der Waals surface area contributed by atoms with Crippen molar-refractivity contribution in [2.45, 2.75) is 6.92 Å². The average molecular weight is 288 g/mol. The number of aromatic nitrogens is 1. The van der Waals surface area contributed by atoms with Gasteiger partial charge < -0.3 is 11.1 Å². The number of nitrogens with two attached hydrogens (primary N) is 1. The Morgan fingerprint density at radius 3 is 2.72 bits per heavy atom. The fourth-order valence-corrected chi connectivity index (χ4v) is 2.34. The number of hydrogen-bond acceptors (Lipinski definition) is 5. The van der Waals surface area contributed by atoms with Gasteiger partial charge in [0, 0.05) is 13.1 Å². The van der Waals surface area contributed by atoms with Crippen LogP contribution in [0.25, 0.3) is 0 Å². The molecular formula is C10H16N4O2S2. The highest BCUT2D eigenvalue weighted by molar-refractivity contribution is 7.89. The molecule has 0 fully saturated rings. The first kappa shape index (κ1) is 14.8. The summed E-state index contributed by atoms with van der Waals surface area (Å²) in [6.45, 7) is 2.44. The maximum absolute atomic E-state index is 11.4. The molecule has 0 unspecified atom stereocenters. The van der Waals surface area contributed by atoms with Crippen molar-refractivity contribution in [3.05, 3.63) is 24.0 Å². The van der Waals surface area contributed by atoms with Gasteiger partial charge in [0.15, 0.2) is 0 Å². The Balaban J connectivity index is 2.47. The van der Waals surface area contributed by atoms with Crippen molar-refractivity contribution in [2.24, 2.45) is 5.73 Å². The molecule has 0 aliphatic heterocycles. The number of thiocarbonyl (C=S) groups is 1. The maximum Gasteiger partial charge on any atom is 0.213 e. The van der Waals surface area contributed by atoms with Crippen molar-refractivity contribution in [3.63, 3.8) is 0 Å². The van der Waals surface area contributed by atoms with Gasteiger partial charge in [-0.05, 0) is 12.1 Å². The fourth-order valence-electron chi connectivity index (χ4n) is 1.27. The molecule has 1 heterocycles. The molecule has 4 N–H and O–H groups in total. The summed E-state index contributed by atoms with van der Waals surface area (Å²) >= 11 is 4.78. The van der Waals surface area contributed by atoms with E-state index in [9.17, 15) is 8.42 Å². The van der Waals surface area contributed by atoms with E-state index in [-0.39, 0.29) is 10.7 Å². The molecule has 0 aromatic carbocycles. The highest BCUT2D eigenvalue weighted by atomic mass is 32.2. The molecule has 0 aliphatic rings. The zero-order valence-corrected chi connectivity index (χ0v) is 11.6. The SMILES string of the molecule is CCNS(=O)(=O)CCNc1ccc(C(N)=S)nc1. The van der Waals surface area contributed by atoms with Crippen LogP contribution in [0.4, 0.5) is 5.69 Å². The molecule has 6 nitrogen and oxygen atoms in total. The van der Waals surface area contributed by atoms with Gasteiger partial charge in [0.25, 0.3) is 0 Å². The second kappa shape index (κ2) is 6.62. The Hall–Kier alpha value is -1.25. The van der Waals surface area contributed by atoms with E-state index in [1.165, 1.54) is 0 Å². The second-order valence-corrected chi connectivity index (χ2v) is 5.91. The van der Waals surface area contributed by atoms with Crippen LogP contribution in [0, 0.1) is 0 Å². The summed E-state index contributed by atoms with van der Waals surface area (Å²) in [6, 6.07) is 3.44. The summed E-state index contributed by atoms with van der Waals surface area (Å²) < 4.78 is 25.1. The van der Waals surface area contributed by atoms with E-state index in [2.05, 4.69) is 15.0 Å². The summed E-state index contributed by atoms with van der Waals surface area (Å²) in [4.78, 5) is 4.27. The lowest BCUT2D eigenvalue weighted by atomic mass is 10.3. The third-order valence-electron chi connectivity index (χ3n) is 2.08. The Labute approximate surface area is 112 Å². The van der Waals surface area contributed by atoms with Crippen molar-refractivity contribution in [1.29, 1.82) is 0 Å². The van der Waals surface area contributed by atoms with Crippen LogP contribution >= 0.6 is 12.2 Å². The minimum absolute atomic E-state index is 0.0118. The summed E-state index contributed by atoms with van der Waals surface area (Å²) in [5, 5.41) is 2.96. The number of hydrogen-bond donors (Lipinski definition) is 3. The van der Waals surface area contributed by atoms with Gasteiger partial charge >= 0.3 is 0 Å². The van der Waals surface area contributed by atoms with E-state index in [0.29, 0.717) is 18.8 Å². The lowest BCUT2D eigenvalue weighted by Crippen LogP contribution is -2.29. The Morgan fingerprint density at radius 2 is 2.22 bits per heavy atom. The van der Waals surface area contributed by atoms with E-state index in [4.69, 9.17) is 18.0 Å². The molecule has 0 bridgehead atoms. The fraction of sp³-hybridized carbons (Fsp3) is 0.400. The molecule has 0 radical (unpaired) electrons. The van der Waals surface area contributed by atoms with Gasteiger partial charge in [0.1, 0.15) is 4.99 Å². The van der Waals surface area contributed by atoms with Crippen LogP contribution < -0.4 is 15.8 Å². The standard InChI is InChI=1S/C10H16N4O2S2/c1-2-14-18(15,16)6-5-12-8-3-4-9(10(11)17)13-7-8/h3-4,7,12,14H,2,5-6H2,1H3,(H2,11,17). The molecule has 8 heteroatoms. The summed E-state index contributed by atoms with van der Waals surface area (Å²) in [5.74, 6) is 0.0118. The average Bonchev–Trinajstić information content (AvgIpc) is 2.29. The van der Waals surface area contributed by atoms with Crippen molar-refractivity contribution >= 4 is 32.9 Å². The topological polar surface area (TPSA) is 97.1 Å². The van der Waals surface area contributed by atoms with Gasteiger partial charge in [-0.2, -0.15) is 0 Å². The molecular weight excluding hydrogens is 272 g/mol. The van der Waals surface area contributed by atoms with Gasteiger partial charge in [-0.15, -0.1) is 0 Å². The zero-order valence-electron chi connectivity index (χ0n) is 10.0. The van der Waals surface area contributed by atoms with E-state index >= 15 is 0 Å². The van der Waals surface area contributed by atoms with Crippen molar-refractivity contribution in [1.82, 2.24) is 9.71 Å². The van der Waals surface area contributed by atoms with Gasteiger partial charge in [0.05, 0.1) is 23.3 Å². The van der Waals surface area contributed by atoms with E-state index in [0.717, 1.165) is 5.69 Å².